The first-order chi connectivity index (χ1) is 10.6. The number of rotatable bonds is 4. The number of carbonyl (C=O) groups is 1. The second-order valence-electron chi connectivity index (χ2n) is 6.28. The molecule has 3 heterocycles. The van der Waals surface area contributed by atoms with Crippen LogP contribution in [0.15, 0.2) is 12.4 Å². The van der Waals surface area contributed by atoms with Gasteiger partial charge in [-0.05, 0) is 13.3 Å². The average molecular weight is 308 g/mol. The van der Waals surface area contributed by atoms with Crippen LogP contribution in [0, 0.1) is 6.92 Å². The summed E-state index contributed by atoms with van der Waals surface area (Å²) < 4.78 is 7.16. The Labute approximate surface area is 130 Å². The van der Waals surface area contributed by atoms with Crippen LogP contribution in [0.5, 0.6) is 0 Å². The minimum atomic E-state index is -0.795. The second-order valence-corrected chi connectivity index (χ2v) is 6.28. The van der Waals surface area contributed by atoms with E-state index in [0.29, 0.717) is 32.6 Å². The smallest absolute Gasteiger partial charge is 0.242 e. The van der Waals surface area contributed by atoms with Crippen molar-refractivity contribution in [2.45, 2.75) is 25.5 Å². The van der Waals surface area contributed by atoms with Crippen molar-refractivity contribution in [3.05, 3.63) is 18.2 Å². The summed E-state index contributed by atoms with van der Waals surface area (Å²) in [6, 6.07) is 0. The Kier molecular flexibility index (Phi) is 4.46. The summed E-state index contributed by atoms with van der Waals surface area (Å²) in [5, 5.41) is 10.7. The molecule has 1 aromatic heterocycles. The number of β-amino-alcohol motifs (C(OH)–C–C–N with tert-alkyl or cyclic N) is 1. The Hall–Kier alpha value is -1.44. The first-order valence-electron chi connectivity index (χ1n) is 7.84. The normalized spacial score (nSPS) is 26.5. The van der Waals surface area contributed by atoms with Gasteiger partial charge in [0.2, 0.25) is 5.91 Å². The van der Waals surface area contributed by atoms with Crippen LogP contribution in [0.4, 0.5) is 0 Å². The molecule has 2 saturated heterocycles. The van der Waals surface area contributed by atoms with Gasteiger partial charge in [-0.3, -0.25) is 9.69 Å². The number of morpholine rings is 1. The molecule has 1 aromatic rings. The Morgan fingerprint density at radius 1 is 1.41 bits per heavy atom. The van der Waals surface area contributed by atoms with Crippen LogP contribution in [0.25, 0.3) is 0 Å². The summed E-state index contributed by atoms with van der Waals surface area (Å²) in [5.41, 5.74) is -0.795. The third kappa shape index (κ3) is 3.48. The summed E-state index contributed by atoms with van der Waals surface area (Å²) in [6.45, 7) is 6.96. The van der Waals surface area contributed by atoms with Gasteiger partial charge in [0, 0.05) is 38.6 Å². The van der Waals surface area contributed by atoms with Crippen LogP contribution in [0.2, 0.25) is 0 Å². The molecule has 22 heavy (non-hydrogen) atoms. The summed E-state index contributed by atoms with van der Waals surface area (Å²) in [6.07, 6.45) is 4.14. The highest BCUT2D eigenvalue weighted by Crippen LogP contribution is 2.23. The summed E-state index contributed by atoms with van der Waals surface area (Å²) in [5.74, 6) is 0.870. The Balaban J connectivity index is 1.54. The molecule has 1 N–H and O–H groups in total. The maximum absolute atomic E-state index is 12.4. The van der Waals surface area contributed by atoms with Crippen molar-refractivity contribution in [2.75, 3.05) is 45.9 Å². The predicted octanol–water partition coefficient (Wildman–Crippen LogP) is -0.513. The molecule has 1 unspecified atom stereocenters. The Morgan fingerprint density at radius 2 is 2.18 bits per heavy atom. The van der Waals surface area contributed by atoms with Crippen LogP contribution >= 0.6 is 0 Å². The molecule has 1 amide bonds. The van der Waals surface area contributed by atoms with Crippen molar-refractivity contribution in [3.8, 4) is 0 Å². The van der Waals surface area contributed by atoms with Crippen LogP contribution in [-0.4, -0.2) is 81.9 Å². The van der Waals surface area contributed by atoms with E-state index in [1.54, 1.807) is 11.1 Å². The zero-order chi connectivity index (χ0) is 15.6. The van der Waals surface area contributed by atoms with Gasteiger partial charge in [0.15, 0.2) is 0 Å². The van der Waals surface area contributed by atoms with E-state index in [0.717, 1.165) is 32.1 Å². The lowest BCUT2D eigenvalue weighted by Crippen LogP contribution is -2.49. The molecule has 0 saturated carbocycles. The van der Waals surface area contributed by atoms with Crippen molar-refractivity contribution in [1.29, 1.82) is 0 Å². The van der Waals surface area contributed by atoms with Gasteiger partial charge in [-0.1, -0.05) is 0 Å². The number of aromatic nitrogens is 2. The van der Waals surface area contributed by atoms with E-state index in [4.69, 9.17) is 4.74 Å². The fourth-order valence-corrected chi connectivity index (χ4v) is 3.19. The van der Waals surface area contributed by atoms with E-state index in [2.05, 4.69) is 9.88 Å². The van der Waals surface area contributed by atoms with E-state index in [9.17, 15) is 9.90 Å². The lowest BCUT2D eigenvalue weighted by Gasteiger charge is -2.33. The third-order valence-electron chi connectivity index (χ3n) is 4.54. The van der Waals surface area contributed by atoms with Crippen LogP contribution < -0.4 is 0 Å². The highest BCUT2D eigenvalue weighted by molar-refractivity contribution is 5.76. The first kappa shape index (κ1) is 15.5. The van der Waals surface area contributed by atoms with Gasteiger partial charge in [0.1, 0.15) is 12.4 Å². The molecular formula is C15H24N4O3. The largest absolute Gasteiger partial charge is 0.387 e. The molecule has 7 nitrogen and oxygen atoms in total. The van der Waals surface area contributed by atoms with Gasteiger partial charge in [-0.2, -0.15) is 0 Å². The number of likely N-dealkylation sites (tertiary alicyclic amines) is 1. The molecular weight excluding hydrogens is 284 g/mol. The SMILES string of the molecule is Cc1nccn1CC(=O)N1CCC(O)(CN2CCOCC2)C1. The van der Waals surface area contributed by atoms with E-state index >= 15 is 0 Å². The van der Waals surface area contributed by atoms with Crippen molar-refractivity contribution in [1.82, 2.24) is 19.4 Å². The minimum Gasteiger partial charge on any atom is -0.387 e. The summed E-state index contributed by atoms with van der Waals surface area (Å²) in [4.78, 5) is 20.5. The minimum absolute atomic E-state index is 0.0407. The van der Waals surface area contributed by atoms with Gasteiger partial charge in [-0.25, -0.2) is 4.98 Å². The number of carbonyl (C=O) groups excluding carboxylic acids is 1. The molecule has 2 aliphatic rings. The molecule has 3 rings (SSSR count). The number of ether oxygens (including phenoxy) is 1. The standard InChI is InChI=1S/C15H24N4O3/c1-13-16-3-5-18(13)10-14(20)19-4-2-15(21,12-19)11-17-6-8-22-9-7-17/h3,5,21H,2,4,6-12H2,1H3. The molecule has 122 valence electrons. The van der Waals surface area contributed by atoms with Crippen molar-refractivity contribution < 1.29 is 14.6 Å². The van der Waals surface area contributed by atoms with Crippen LogP contribution in [0.1, 0.15) is 12.2 Å². The predicted molar refractivity (Wildman–Crippen MR) is 80.4 cm³/mol. The topological polar surface area (TPSA) is 70.8 Å². The molecule has 1 atom stereocenters. The number of hydrogen-bond acceptors (Lipinski definition) is 5. The van der Waals surface area contributed by atoms with Crippen LogP contribution in [-0.2, 0) is 16.1 Å². The van der Waals surface area contributed by atoms with E-state index < -0.39 is 5.60 Å². The monoisotopic (exact) mass is 308 g/mol. The maximum atomic E-state index is 12.4. The van der Waals surface area contributed by atoms with E-state index in [-0.39, 0.29) is 5.91 Å². The molecule has 0 radical (unpaired) electrons. The molecule has 0 aliphatic carbocycles. The molecule has 0 bridgehead atoms. The number of amides is 1. The number of hydrogen-bond donors (Lipinski definition) is 1. The number of imidazole rings is 1. The quantitative estimate of drug-likeness (QED) is 0.811. The van der Waals surface area contributed by atoms with Crippen molar-refractivity contribution >= 4 is 5.91 Å². The Bertz CT molecular complexity index is 527. The van der Waals surface area contributed by atoms with Gasteiger partial charge < -0.3 is 19.3 Å². The fraction of sp³-hybridized carbons (Fsp3) is 0.733. The van der Waals surface area contributed by atoms with Crippen LogP contribution in [0.3, 0.4) is 0 Å². The number of nitrogens with zero attached hydrogens (tertiary/aromatic N) is 4. The van der Waals surface area contributed by atoms with E-state index in [1.807, 2.05) is 17.7 Å². The average Bonchev–Trinajstić information content (AvgIpc) is 3.07. The van der Waals surface area contributed by atoms with Crippen molar-refractivity contribution in [3.63, 3.8) is 0 Å². The maximum Gasteiger partial charge on any atom is 0.242 e. The lowest BCUT2D eigenvalue weighted by molar-refractivity contribution is -0.132. The summed E-state index contributed by atoms with van der Waals surface area (Å²) in [7, 11) is 0. The molecule has 0 aromatic carbocycles. The number of aryl methyl sites for hydroxylation is 1. The zero-order valence-electron chi connectivity index (χ0n) is 13.1. The second kappa shape index (κ2) is 6.36. The van der Waals surface area contributed by atoms with Gasteiger partial charge in [-0.15, -0.1) is 0 Å². The van der Waals surface area contributed by atoms with E-state index in [1.165, 1.54) is 0 Å². The van der Waals surface area contributed by atoms with Gasteiger partial charge in [0.25, 0.3) is 0 Å². The Morgan fingerprint density at radius 3 is 2.86 bits per heavy atom. The van der Waals surface area contributed by atoms with Gasteiger partial charge in [0.05, 0.1) is 25.4 Å². The lowest BCUT2D eigenvalue weighted by atomic mass is 10.0. The third-order valence-corrected chi connectivity index (χ3v) is 4.54. The van der Waals surface area contributed by atoms with Gasteiger partial charge >= 0.3 is 0 Å². The highest BCUT2D eigenvalue weighted by Gasteiger charge is 2.39. The number of aliphatic hydroxyl groups is 1. The first-order valence-corrected chi connectivity index (χ1v) is 7.84. The molecule has 7 heteroatoms. The van der Waals surface area contributed by atoms with Crippen molar-refractivity contribution in [2.24, 2.45) is 0 Å². The zero-order valence-corrected chi connectivity index (χ0v) is 13.1. The molecule has 0 spiro atoms. The molecule has 2 fully saturated rings. The summed E-state index contributed by atoms with van der Waals surface area (Å²) >= 11 is 0. The fourth-order valence-electron chi connectivity index (χ4n) is 3.19. The molecule has 2 aliphatic heterocycles. The highest BCUT2D eigenvalue weighted by atomic mass is 16.5.